The molecule has 0 aromatic carbocycles. The molecule has 10 heteroatoms. The third kappa shape index (κ3) is 49.4. The molecule has 0 aliphatic carbocycles. The summed E-state index contributed by atoms with van der Waals surface area (Å²) in [5.74, 6) is -0.510. The van der Waals surface area contributed by atoms with Crippen molar-refractivity contribution in [2.45, 2.75) is 264 Å². The van der Waals surface area contributed by atoms with Gasteiger partial charge in [-0.2, -0.15) is 0 Å². The molecule has 61 heavy (non-hydrogen) atoms. The van der Waals surface area contributed by atoms with E-state index in [4.69, 9.17) is 13.8 Å². The highest BCUT2D eigenvalue weighted by Gasteiger charge is 2.23. The van der Waals surface area contributed by atoms with Crippen molar-refractivity contribution >= 4 is 19.7 Å². The zero-order valence-corrected chi connectivity index (χ0v) is 40.8. The largest absolute Gasteiger partial charge is 0.472 e. The van der Waals surface area contributed by atoms with E-state index in [2.05, 4.69) is 43.5 Å². The van der Waals surface area contributed by atoms with E-state index in [9.17, 15) is 24.2 Å². The van der Waals surface area contributed by atoms with Gasteiger partial charge < -0.3 is 20.1 Å². The number of hydrogen-bond donors (Lipinski definition) is 3. The van der Waals surface area contributed by atoms with Crippen molar-refractivity contribution in [1.29, 1.82) is 0 Å². The van der Waals surface area contributed by atoms with Gasteiger partial charge in [-0.05, 0) is 64.2 Å². The van der Waals surface area contributed by atoms with Gasteiger partial charge in [-0.15, -0.1) is 0 Å². The molecule has 0 aliphatic rings. The number of amides is 1. The maximum Gasteiger partial charge on any atom is 0.472 e. The molecule has 0 heterocycles. The Morgan fingerprint density at radius 3 is 1.23 bits per heavy atom. The van der Waals surface area contributed by atoms with Crippen molar-refractivity contribution in [3.8, 4) is 0 Å². The average molecular weight is 884 g/mol. The molecule has 0 aromatic rings. The van der Waals surface area contributed by atoms with E-state index in [-0.39, 0.29) is 32.1 Å². The van der Waals surface area contributed by atoms with E-state index in [0.29, 0.717) is 6.42 Å². The Bertz CT molecular complexity index is 1050. The number of nitrogens with one attached hydrogen (secondary N) is 1. The molecule has 0 spiro atoms. The van der Waals surface area contributed by atoms with Gasteiger partial charge in [0, 0.05) is 19.4 Å². The van der Waals surface area contributed by atoms with Crippen molar-refractivity contribution in [2.75, 3.05) is 26.4 Å². The van der Waals surface area contributed by atoms with Crippen LogP contribution in [0.5, 0.6) is 0 Å². The van der Waals surface area contributed by atoms with Crippen LogP contribution in [0.2, 0.25) is 0 Å². The summed E-state index contributed by atoms with van der Waals surface area (Å²) in [5.41, 5.74) is 0. The molecule has 0 aliphatic heterocycles. The minimum Gasteiger partial charge on any atom is -0.463 e. The molecule has 0 radical (unpaired) electrons. The Balaban J connectivity index is 3.53. The summed E-state index contributed by atoms with van der Waals surface area (Å²) < 4.78 is 27.0. The maximum absolute atomic E-state index is 12.1. The molecular formula is C51H98NO8P. The Labute approximate surface area is 376 Å². The molecule has 9 nitrogen and oxygen atoms in total. The molecule has 0 rings (SSSR count). The van der Waals surface area contributed by atoms with Crippen LogP contribution in [-0.2, 0) is 27.9 Å². The van der Waals surface area contributed by atoms with E-state index in [1.807, 2.05) is 0 Å². The fourth-order valence-electron chi connectivity index (χ4n) is 7.43. The van der Waals surface area contributed by atoms with Gasteiger partial charge >= 0.3 is 13.8 Å². The third-order valence-electron chi connectivity index (χ3n) is 11.4. The lowest BCUT2D eigenvalue weighted by Gasteiger charge is -2.15. The zero-order chi connectivity index (χ0) is 44.6. The second-order valence-corrected chi connectivity index (χ2v) is 18.9. The molecule has 0 bridgehead atoms. The van der Waals surface area contributed by atoms with Crippen LogP contribution in [0.1, 0.15) is 258 Å². The van der Waals surface area contributed by atoms with Gasteiger partial charge in [-0.3, -0.25) is 18.6 Å². The van der Waals surface area contributed by atoms with Gasteiger partial charge in [0.05, 0.1) is 13.2 Å². The highest BCUT2D eigenvalue weighted by molar-refractivity contribution is 7.47. The summed E-state index contributed by atoms with van der Waals surface area (Å²) in [5, 5.41) is 12.8. The molecule has 1 amide bonds. The number of aliphatic hydroxyl groups is 1. The van der Waals surface area contributed by atoms with Crippen LogP contribution in [-0.4, -0.2) is 54.3 Å². The summed E-state index contributed by atoms with van der Waals surface area (Å²) in [6.07, 6.45) is 54.0. The van der Waals surface area contributed by atoms with Crippen molar-refractivity contribution < 1.29 is 37.9 Å². The fourth-order valence-corrected chi connectivity index (χ4v) is 8.19. The van der Waals surface area contributed by atoms with Gasteiger partial charge in [0.15, 0.2) is 0 Å². The van der Waals surface area contributed by atoms with Crippen LogP contribution < -0.4 is 5.32 Å². The summed E-state index contributed by atoms with van der Waals surface area (Å²) in [6.45, 7) is 3.59. The minimum atomic E-state index is -4.42. The predicted molar refractivity (Wildman–Crippen MR) is 257 cm³/mol. The van der Waals surface area contributed by atoms with Crippen molar-refractivity contribution in [3.05, 3.63) is 24.3 Å². The highest BCUT2D eigenvalue weighted by atomic mass is 31.2. The number of ether oxygens (including phenoxy) is 1. The van der Waals surface area contributed by atoms with Crippen LogP contribution in [0.3, 0.4) is 0 Å². The van der Waals surface area contributed by atoms with Crippen molar-refractivity contribution in [2.24, 2.45) is 0 Å². The number of rotatable bonds is 49. The first-order valence-electron chi connectivity index (χ1n) is 25.8. The summed E-state index contributed by atoms with van der Waals surface area (Å²) in [7, 11) is -4.42. The lowest BCUT2D eigenvalue weighted by molar-refractivity contribution is -0.147. The zero-order valence-electron chi connectivity index (χ0n) is 39.9. The minimum absolute atomic E-state index is 0.0830. The molecule has 360 valence electrons. The number of phosphoric ester groups is 1. The maximum atomic E-state index is 12.1. The highest BCUT2D eigenvalue weighted by Crippen LogP contribution is 2.42. The SMILES string of the molecule is CCCCCCCC/C=C/CCCCCCCCCCCCCC(=O)OCC(O)COP(=O)(O)OCCNC(=O)CCCCCCCCCCC/C=C/CCCCCCCC. The first-order valence-corrected chi connectivity index (χ1v) is 27.3. The molecule has 2 atom stereocenters. The van der Waals surface area contributed by atoms with E-state index in [1.54, 1.807) is 0 Å². The molecule has 3 N–H and O–H groups in total. The van der Waals surface area contributed by atoms with E-state index >= 15 is 0 Å². The molecule has 0 aromatic heterocycles. The van der Waals surface area contributed by atoms with E-state index in [1.165, 1.54) is 193 Å². The van der Waals surface area contributed by atoms with Gasteiger partial charge in [0.25, 0.3) is 0 Å². The lowest BCUT2D eigenvalue weighted by atomic mass is 10.0. The summed E-state index contributed by atoms with van der Waals surface area (Å²) >= 11 is 0. The fraction of sp³-hybridized carbons (Fsp3) is 0.882. The number of carbonyl (C=O) groups is 2. The molecular weight excluding hydrogens is 786 g/mol. The van der Waals surface area contributed by atoms with Crippen LogP contribution in [0, 0.1) is 0 Å². The monoisotopic (exact) mass is 884 g/mol. The van der Waals surface area contributed by atoms with Crippen molar-refractivity contribution in [3.63, 3.8) is 0 Å². The molecule has 0 fully saturated rings. The smallest absolute Gasteiger partial charge is 0.463 e. The van der Waals surface area contributed by atoms with Crippen LogP contribution >= 0.6 is 7.82 Å². The third-order valence-corrected chi connectivity index (χ3v) is 12.3. The van der Waals surface area contributed by atoms with Crippen molar-refractivity contribution in [1.82, 2.24) is 5.32 Å². The molecule has 0 saturated heterocycles. The number of phosphoric acid groups is 1. The second-order valence-electron chi connectivity index (χ2n) is 17.5. The van der Waals surface area contributed by atoms with Gasteiger partial charge in [0.2, 0.25) is 5.91 Å². The standard InChI is InChI=1S/C51H98NO8P/c1-3-5-7-9-11-13-15-17-19-21-23-24-26-28-30-32-34-36-38-40-42-44-51(55)58-47-49(53)48-60-61(56,57)59-46-45-52-50(54)43-41-39-37-35-33-31-29-27-25-22-20-18-16-14-12-10-8-6-4-2/h17-20,49,53H,3-16,21-48H2,1-2H3,(H,52,54)(H,56,57)/b19-17+,20-18+. The van der Waals surface area contributed by atoms with Crippen LogP contribution in [0.4, 0.5) is 0 Å². The Kier molecular flexibility index (Phi) is 46.8. The number of unbranched alkanes of at least 4 members (excludes halogenated alkanes) is 32. The van der Waals surface area contributed by atoms with Crippen LogP contribution in [0.15, 0.2) is 24.3 Å². The Morgan fingerprint density at radius 2 is 0.836 bits per heavy atom. The summed E-state index contributed by atoms with van der Waals surface area (Å²) in [4.78, 5) is 34.1. The van der Waals surface area contributed by atoms with E-state index in [0.717, 1.165) is 38.5 Å². The molecule has 0 saturated carbocycles. The Hall–Kier alpha value is -1.51. The topological polar surface area (TPSA) is 131 Å². The number of aliphatic hydroxyl groups excluding tert-OH is 1. The number of esters is 1. The number of carbonyl (C=O) groups excluding carboxylic acids is 2. The van der Waals surface area contributed by atoms with Gasteiger partial charge in [0.1, 0.15) is 12.7 Å². The van der Waals surface area contributed by atoms with Gasteiger partial charge in [-0.25, -0.2) is 4.57 Å². The predicted octanol–water partition coefficient (Wildman–Crippen LogP) is 15.1. The lowest BCUT2D eigenvalue weighted by Crippen LogP contribution is -2.27. The Morgan fingerprint density at radius 1 is 0.492 bits per heavy atom. The number of allylic oxidation sites excluding steroid dienone is 4. The first-order chi connectivity index (χ1) is 29.8. The quantitative estimate of drug-likeness (QED) is 0.0238. The van der Waals surface area contributed by atoms with Gasteiger partial charge in [-0.1, -0.05) is 205 Å². The first kappa shape index (κ1) is 59.5. The van der Waals surface area contributed by atoms with E-state index < -0.39 is 26.5 Å². The number of hydrogen-bond acceptors (Lipinski definition) is 7. The second kappa shape index (κ2) is 48.0. The van der Waals surface area contributed by atoms with Crippen LogP contribution in [0.25, 0.3) is 0 Å². The average Bonchev–Trinajstić information content (AvgIpc) is 3.25. The normalized spacial score (nSPS) is 13.3. The summed E-state index contributed by atoms with van der Waals surface area (Å²) in [6, 6.07) is 0. The molecule has 2 unspecified atom stereocenters.